The van der Waals surface area contributed by atoms with Gasteiger partial charge in [-0.15, -0.1) is 11.3 Å². The Labute approximate surface area is 87.2 Å². The van der Waals surface area contributed by atoms with Gasteiger partial charge in [-0.05, 0) is 19.2 Å². The van der Waals surface area contributed by atoms with E-state index in [0.29, 0.717) is 0 Å². The van der Waals surface area contributed by atoms with Crippen molar-refractivity contribution in [1.29, 1.82) is 0 Å². The molecule has 0 aromatic carbocycles. The van der Waals surface area contributed by atoms with Gasteiger partial charge in [0.15, 0.2) is 0 Å². The van der Waals surface area contributed by atoms with Gasteiger partial charge in [0.2, 0.25) is 0 Å². The summed E-state index contributed by atoms with van der Waals surface area (Å²) in [5.41, 5.74) is 1.15. The summed E-state index contributed by atoms with van der Waals surface area (Å²) in [6, 6.07) is 4.07. The maximum atomic E-state index is 4.37. The van der Waals surface area contributed by atoms with Gasteiger partial charge >= 0.3 is 0 Å². The van der Waals surface area contributed by atoms with Gasteiger partial charge in [0.1, 0.15) is 0 Å². The van der Waals surface area contributed by atoms with Crippen molar-refractivity contribution in [2.24, 2.45) is 0 Å². The number of rotatable bonds is 4. The van der Waals surface area contributed by atoms with Crippen LogP contribution in [0.3, 0.4) is 0 Å². The van der Waals surface area contributed by atoms with Gasteiger partial charge in [-0.3, -0.25) is 0 Å². The van der Waals surface area contributed by atoms with Crippen molar-refractivity contribution in [2.75, 3.05) is 13.6 Å². The third-order valence-electron chi connectivity index (χ3n) is 2.01. The van der Waals surface area contributed by atoms with Crippen LogP contribution in [0.5, 0.6) is 0 Å². The van der Waals surface area contributed by atoms with Crippen LogP contribution in [-0.2, 0) is 6.42 Å². The minimum absolute atomic E-state index is 0.984. The first-order valence-corrected chi connectivity index (χ1v) is 5.45. The molecule has 2 aromatic rings. The number of likely N-dealkylation sites (N-methyl/N-ethyl adjacent to an activating group) is 1. The van der Waals surface area contributed by atoms with Crippen LogP contribution in [0.1, 0.15) is 5.01 Å². The molecule has 0 saturated heterocycles. The monoisotopic (exact) mass is 207 g/mol. The molecule has 2 heterocycles. The highest BCUT2D eigenvalue weighted by Crippen LogP contribution is 2.24. The van der Waals surface area contributed by atoms with Crippen LogP contribution in [0.25, 0.3) is 10.6 Å². The Hall–Kier alpha value is -1.13. The third-order valence-corrected chi connectivity index (χ3v) is 3.10. The van der Waals surface area contributed by atoms with E-state index in [4.69, 9.17) is 0 Å². The summed E-state index contributed by atoms with van der Waals surface area (Å²) in [7, 11) is 1.96. The lowest BCUT2D eigenvalue weighted by atomic mass is 10.4. The molecular formula is C10H13N3S. The summed E-state index contributed by atoms with van der Waals surface area (Å²) in [5, 5.41) is 4.30. The molecule has 0 aliphatic rings. The van der Waals surface area contributed by atoms with E-state index in [9.17, 15) is 0 Å². The second-order valence-corrected chi connectivity index (χ2v) is 4.17. The molecule has 0 radical (unpaired) electrons. The van der Waals surface area contributed by atoms with E-state index >= 15 is 0 Å². The SMILES string of the molecule is CNCCc1ncc(-c2ccc[nH]2)s1. The highest BCUT2D eigenvalue weighted by atomic mass is 32.1. The number of hydrogen-bond donors (Lipinski definition) is 2. The van der Waals surface area contributed by atoms with Crippen LogP contribution in [0, 0.1) is 0 Å². The Balaban J connectivity index is 2.10. The molecular weight excluding hydrogens is 194 g/mol. The normalized spacial score (nSPS) is 10.6. The van der Waals surface area contributed by atoms with E-state index < -0.39 is 0 Å². The maximum absolute atomic E-state index is 4.37. The Morgan fingerprint density at radius 3 is 3.21 bits per heavy atom. The molecule has 3 nitrogen and oxygen atoms in total. The first-order chi connectivity index (χ1) is 6.90. The second-order valence-electron chi connectivity index (χ2n) is 3.06. The van der Waals surface area contributed by atoms with Gasteiger partial charge in [0, 0.05) is 25.4 Å². The molecule has 0 saturated carbocycles. The minimum Gasteiger partial charge on any atom is -0.360 e. The van der Waals surface area contributed by atoms with E-state index in [1.807, 2.05) is 25.5 Å². The lowest BCUT2D eigenvalue weighted by molar-refractivity contribution is 0.787. The summed E-state index contributed by atoms with van der Waals surface area (Å²) >= 11 is 1.75. The summed E-state index contributed by atoms with van der Waals surface area (Å²) in [4.78, 5) is 8.76. The van der Waals surface area contributed by atoms with Gasteiger partial charge in [-0.1, -0.05) is 0 Å². The molecule has 0 aliphatic carbocycles. The Morgan fingerprint density at radius 1 is 1.57 bits per heavy atom. The zero-order valence-electron chi connectivity index (χ0n) is 8.08. The molecule has 4 heteroatoms. The number of hydrogen-bond acceptors (Lipinski definition) is 3. The zero-order chi connectivity index (χ0) is 9.80. The zero-order valence-corrected chi connectivity index (χ0v) is 8.90. The standard InChI is InChI=1S/C10H13N3S/c1-11-6-4-10-13-7-9(14-10)8-3-2-5-12-8/h2-3,5,7,11-12H,4,6H2,1H3. The highest BCUT2D eigenvalue weighted by molar-refractivity contribution is 7.15. The van der Waals surface area contributed by atoms with Crippen molar-refractivity contribution < 1.29 is 0 Å². The van der Waals surface area contributed by atoms with Crippen LogP contribution in [0.15, 0.2) is 24.5 Å². The van der Waals surface area contributed by atoms with Crippen molar-refractivity contribution in [3.05, 3.63) is 29.5 Å². The minimum atomic E-state index is 0.984. The van der Waals surface area contributed by atoms with Crippen LogP contribution in [0.4, 0.5) is 0 Å². The maximum Gasteiger partial charge on any atom is 0.0944 e. The molecule has 2 aromatic heterocycles. The largest absolute Gasteiger partial charge is 0.360 e. The van der Waals surface area contributed by atoms with Gasteiger partial charge in [-0.2, -0.15) is 0 Å². The molecule has 14 heavy (non-hydrogen) atoms. The number of nitrogens with zero attached hydrogens (tertiary/aromatic N) is 1. The van der Waals surface area contributed by atoms with Gasteiger partial charge in [0.25, 0.3) is 0 Å². The average molecular weight is 207 g/mol. The Kier molecular flexibility index (Phi) is 2.96. The number of thiazole rings is 1. The third kappa shape index (κ3) is 2.02. The van der Waals surface area contributed by atoms with Crippen molar-refractivity contribution in [3.8, 4) is 10.6 Å². The topological polar surface area (TPSA) is 40.7 Å². The van der Waals surface area contributed by atoms with Crippen LogP contribution in [-0.4, -0.2) is 23.6 Å². The molecule has 0 spiro atoms. The van der Waals surface area contributed by atoms with Crippen molar-refractivity contribution in [1.82, 2.24) is 15.3 Å². The molecule has 2 N–H and O–H groups in total. The molecule has 0 unspecified atom stereocenters. The first kappa shape index (κ1) is 9.43. The fourth-order valence-corrected chi connectivity index (χ4v) is 2.17. The van der Waals surface area contributed by atoms with E-state index in [-0.39, 0.29) is 0 Å². The number of H-pyrrole nitrogens is 1. The van der Waals surface area contributed by atoms with Crippen LogP contribution in [0.2, 0.25) is 0 Å². The van der Waals surface area contributed by atoms with Crippen LogP contribution < -0.4 is 5.32 Å². The molecule has 0 atom stereocenters. The van der Waals surface area contributed by atoms with E-state index in [0.717, 1.165) is 18.7 Å². The molecule has 0 amide bonds. The Morgan fingerprint density at radius 2 is 2.50 bits per heavy atom. The predicted molar refractivity (Wildman–Crippen MR) is 59.5 cm³/mol. The van der Waals surface area contributed by atoms with Gasteiger partial charge in [0.05, 0.1) is 15.6 Å². The summed E-state index contributed by atoms with van der Waals surface area (Å²) in [6.45, 7) is 0.984. The summed E-state index contributed by atoms with van der Waals surface area (Å²) < 4.78 is 0. The van der Waals surface area contributed by atoms with E-state index in [1.165, 1.54) is 9.88 Å². The van der Waals surface area contributed by atoms with Crippen LogP contribution >= 0.6 is 11.3 Å². The summed E-state index contributed by atoms with van der Waals surface area (Å²) in [5.74, 6) is 0. The van der Waals surface area contributed by atoms with Gasteiger partial charge in [-0.25, -0.2) is 4.98 Å². The summed E-state index contributed by atoms with van der Waals surface area (Å²) in [6.07, 6.45) is 4.87. The van der Waals surface area contributed by atoms with Crippen molar-refractivity contribution in [2.45, 2.75) is 6.42 Å². The van der Waals surface area contributed by atoms with Gasteiger partial charge < -0.3 is 10.3 Å². The fraction of sp³-hybridized carbons (Fsp3) is 0.300. The number of aromatic amines is 1. The van der Waals surface area contributed by atoms with Crippen molar-refractivity contribution in [3.63, 3.8) is 0 Å². The number of nitrogens with one attached hydrogen (secondary N) is 2. The van der Waals surface area contributed by atoms with E-state index in [2.05, 4.69) is 21.4 Å². The molecule has 0 aliphatic heterocycles. The lowest BCUT2D eigenvalue weighted by Gasteiger charge is -1.93. The predicted octanol–water partition coefficient (Wildman–Crippen LogP) is 1.90. The second kappa shape index (κ2) is 4.39. The smallest absolute Gasteiger partial charge is 0.0944 e. The average Bonchev–Trinajstić information content (AvgIpc) is 2.85. The Bertz CT molecular complexity index is 378. The quantitative estimate of drug-likeness (QED) is 0.804. The number of aromatic nitrogens is 2. The first-order valence-electron chi connectivity index (χ1n) is 4.63. The molecule has 2 rings (SSSR count). The molecule has 0 bridgehead atoms. The lowest BCUT2D eigenvalue weighted by Crippen LogP contribution is -2.09. The van der Waals surface area contributed by atoms with E-state index in [1.54, 1.807) is 11.3 Å². The fourth-order valence-electron chi connectivity index (χ4n) is 1.27. The van der Waals surface area contributed by atoms with Crippen molar-refractivity contribution >= 4 is 11.3 Å². The molecule has 74 valence electrons. The molecule has 0 fully saturated rings. The highest BCUT2D eigenvalue weighted by Gasteiger charge is 2.03.